The molecule has 4 rings (SSSR count). The van der Waals surface area contributed by atoms with Crippen LogP contribution in [0, 0.1) is 0 Å². The summed E-state index contributed by atoms with van der Waals surface area (Å²) in [6, 6.07) is 5.97. The highest BCUT2D eigenvalue weighted by Gasteiger charge is 2.55. The Kier molecular flexibility index (Phi) is 6.96. The lowest BCUT2D eigenvalue weighted by Gasteiger charge is -2.37. The summed E-state index contributed by atoms with van der Waals surface area (Å²) in [5.74, 6) is -0.856. The standard InChI is InChI=1S/C27H38N4O3SSi/c1-17(31(5)6)27(25(32)33)24(21-13-14-28-16-23(21)35-27)29-19-10-11-20-18(15-19)9-12-22(20)30-34-36(7,8)26(2,3)4/h10-11,13-17,28-29H,9,12H2,1-8H3,(H,32,33)/b30-22-. The number of carboxylic acids is 1. The van der Waals surface area contributed by atoms with Crippen molar-refractivity contribution in [2.75, 3.05) is 19.4 Å². The first kappa shape index (κ1) is 26.6. The van der Waals surface area contributed by atoms with E-state index in [0.29, 0.717) is 5.70 Å². The van der Waals surface area contributed by atoms with Crippen LogP contribution in [0.25, 0.3) is 0 Å². The lowest BCUT2D eigenvalue weighted by atomic mass is 9.91. The second-order valence-electron chi connectivity index (χ2n) is 11.5. The molecule has 2 unspecified atom stereocenters. The first-order valence-electron chi connectivity index (χ1n) is 12.4. The maximum Gasteiger partial charge on any atom is 0.327 e. The van der Waals surface area contributed by atoms with Gasteiger partial charge >= 0.3 is 5.97 Å². The van der Waals surface area contributed by atoms with Crippen LogP contribution < -0.4 is 10.6 Å². The fourth-order valence-electron chi connectivity index (χ4n) is 4.37. The van der Waals surface area contributed by atoms with E-state index in [1.165, 1.54) is 17.3 Å². The van der Waals surface area contributed by atoms with Gasteiger partial charge in [0.05, 0.1) is 11.4 Å². The van der Waals surface area contributed by atoms with Crippen molar-refractivity contribution in [3.05, 3.63) is 64.0 Å². The van der Waals surface area contributed by atoms with Crippen LogP contribution in [-0.4, -0.2) is 54.9 Å². The second kappa shape index (κ2) is 9.43. The highest BCUT2D eigenvalue weighted by molar-refractivity contribution is 8.06. The van der Waals surface area contributed by atoms with E-state index in [1.807, 2.05) is 50.5 Å². The second-order valence-corrected chi connectivity index (χ2v) is 17.5. The van der Waals surface area contributed by atoms with Crippen LogP contribution in [0.1, 0.15) is 45.2 Å². The SMILES string of the molecule is CC(N(C)C)C1(C(=O)O)SC2=CNC=CC2=C1Nc1ccc2c(c1)CC/C2=N/O[Si](C)(C)C(C)(C)C. The number of hydrogen-bond donors (Lipinski definition) is 3. The summed E-state index contributed by atoms with van der Waals surface area (Å²) < 4.78 is 4.98. The average molecular weight is 527 g/mol. The average Bonchev–Trinajstić information content (AvgIpc) is 3.36. The summed E-state index contributed by atoms with van der Waals surface area (Å²) in [4.78, 5) is 15.7. The van der Waals surface area contributed by atoms with Crippen LogP contribution >= 0.6 is 11.8 Å². The molecule has 3 aliphatic rings. The number of hydrogen-bond acceptors (Lipinski definition) is 7. The van der Waals surface area contributed by atoms with Gasteiger partial charge in [-0.05, 0) is 75.8 Å². The monoisotopic (exact) mass is 526 g/mol. The molecule has 3 N–H and O–H groups in total. The number of fused-ring (bicyclic) bond motifs is 2. The summed E-state index contributed by atoms with van der Waals surface area (Å²) in [6.45, 7) is 13.0. The van der Waals surface area contributed by atoms with E-state index >= 15 is 0 Å². The van der Waals surface area contributed by atoms with Crippen LogP contribution in [0.4, 0.5) is 5.69 Å². The Morgan fingerprint density at radius 1 is 1.31 bits per heavy atom. The van der Waals surface area contributed by atoms with E-state index in [-0.39, 0.29) is 11.1 Å². The summed E-state index contributed by atoms with van der Waals surface area (Å²) in [7, 11) is 1.87. The van der Waals surface area contributed by atoms with E-state index in [0.717, 1.165) is 40.3 Å². The van der Waals surface area contributed by atoms with Gasteiger partial charge in [-0.2, -0.15) is 0 Å². The number of nitrogens with one attached hydrogen (secondary N) is 2. The number of carbonyl (C=O) groups is 1. The van der Waals surface area contributed by atoms with Gasteiger partial charge in [-0.3, -0.25) is 4.79 Å². The molecule has 0 spiro atoms. The maximum absolute atomic E-state index is 12.8. The van der Waals surface area contributed by atoms with Crippen molar-refractivity contribution >= 4 is 37.4 Å². The Morgan fingerprint density at radius 2 is 2.03 bits per heavy atom. The zero-order valence-corrected chi connectivity index (χ0v) is 24.3. The lowest BCUT2D eigenvalue weighted by molar-refractivity contribution is -0.140. The third-order valence-corrected chi connectivity index (χ3v) is 13.7. The number of aliphatic carboxylic acids is 1. The summed E-state index contributed by atoms with van der Waals surface area (Å²) in [6.07, 6.45) is 7.40. The van der Waals surface area contributed by atoms with Gasteiger partial charge in [-0.25, -0.2) is 0 Å². The predicted molar refractivity (Wildman–Crippen MR) is 152 cm³/mol. The van der Waals surface area contributed by atoms with Crippen molar-refractivity contribution in [1.82, 2.24) is 10.2 Å². The molecule has 1 aliphatic carbocycles. The molecule has 9 heteroatoms. The van der Waals surface area contributed by atoms with Gasteiger partial charge in [0, 0.05) is 40.2 Å². The molecule has 0 radical (unpaired) electrons. The lowest BCUT2D eigenvalue weighted by Crippen LogP contribution is -2.53. The molecule has 0 fully saturated rings. The minimum atomic E-state index is -1.98. The molecule has 0 amide bonds. The van der Waals surface area contributed by atoms with E-state index in [2.05, 4.69) is 61.8 Å². The zero-order chi connectivity index (χ0) is 26.5. The van der Waals surface area contributed by atoms with Gasteiger partial charge in [-0.1, -0.05) is 38.6 Å². The van der Waals surface area contributed by atoms with Crippen LogP contribution in [0.2, 0.25) is 18.1 Å². The third-order valence-electron chi connectivity index (χ3n) is 7.93. The van der Waals surface area contributed by atoms with Crippen LogP contribution in [0.3, 0.4) is 0 Å². The number of dihydropyridines is 1. The number of anilines is 1. The molecule has 194 valence electrons. The summed E-state index contributed by atoms with van der Waals surface area (Å²) >= 11 is 1.39. The number of thioether (sulfide) groups is 1. The molecule has 0 saturated heterocycles. The van der Waals surface area contributed by atoms with Crippen molar-refractivity contribution in [3.63, 3.8) is 0 Å². The van der Waals surface area contributed by atoms with Gasteiger partial charge in [0.2, 0.25) is 0 Å². The predicted octanol–water partition coefficient (Wildman–Crippen LogP) is 5.50. The number of oxime groups is 1. The molecule has 0 bridgehead atoms. The highest BCUT2D eigenvalue weighted by Crippen LogP contribution is 2.54. The van der Waals surface area contributed by atoms with Crippen molar-refractivity contribution in [1.29, 1.82) is 0 Å². The first-order chi connectivity index (χ1) is 16.8. The Hall–Kier alpha value is -2.49. The van der Waals surface area contributed by atoms with Crippen LogP contribution in [-0.2, 0) is 15.7 Å². The molecular formula is C27H38N4O3SSi. The van der Waals surface area contributed by atoms with E-state index in [9.17, 15) is 9.90 Å². The van der Waals surface area contributed by atoms with Gasteiger partial charge < -0.3 is 25.2 Å². The Balaban J connectivity index is 1.67. The van der Waals surface area contributed by atoms with Gasteiger partial charge in [-0.15, -0.1) is 5.16 Å². The van der Waals surface area contributed by atoms with Crippen molar-refractivity contribution < 1.29 is 14.4 Å². The van der Waals surface area contributed by atoms with Crippen LogP contribution in [0.15, 0.2) is 58.0 Å². The van der Waals surface area contributed by atoms with E-state index in [4.69, 9.17) is 4.53 Å². The number of benzene rings is 1. The maximum atomic E-state index is 12.8. The van der Waals surface area contributed by atoms with Crippen LogP contribution in [0.5, 0.6) is 0 Å². The van der Waals surface area contributed by atoms with E-state index in [1.54, 1.807) is 0 Å². The van der Waals surface area contributed by atoms with Crippen molar-refractivity contribution in [2.45, 2.75) is 69.5 Å². The Bertz CT molecular complexity index is 1200. The Labute approximate surface area is 219 Å². The number of aryl methyl sites for hydroxylation is 1. The fraction of sp³-hybridized carbons (Fsp3) is 0.481. The quantitative estimate of drug-likeness (QED) is 0.319. The molecule has 36 heavy (non-hydrogen) atoms. The summed E-state index contributed by atoms with van der Waals surface area (Å²) in [5.41, 5.74) is 5.82. The molecular weight excluding hydrogens is 488 g/mol. The molecule has 2 heterocycles. The molecule has 0 aromatic heterocycles. The van der Waals surface area contributed by atoms with Gasteiger partial charge in [0.15, 0.2) is 4.75 Å². The third kappa shape index (κ3) is 4.52. The topological polar surface area (TPSA) is 86.2 Å². The normalized spacial score (nSPS) is 23.4. The smallest absolute Gasteiger partial charge is 0.327 e. The molecule has 2 aliphatic heterocycles. The summed E-state index contributed by atoms with van der Waals surface area (Å²) in [5, 5.41) is 21.9. The number of rotatable bonds is 7. The van der Waals surface area contributed by atoms with Crippen molar-refractivity contribution in [2.24, 2.45) is 5.16 Å². The first-order valence-corrected chi connectivity index (χ1v) is 16.1. The zero-order valence-electron chi connectivity index (χ0n) is 22.5. The number of nitrogens with zero attached hydrogens (tertiary/aromatic N) is 2. The highest BCUT2D eigenvalue weighted by atomic mass is 32.2. The Morgan fingerprint density at radius 3 is 2.67 bits per heavy atom. The molecule has 1 aromatic rings. The van der Waals surface area contributed by atoms with Gasteiger partial charge in [0.1, 0.15) is 0 Å². The molecule has 7 nitrogen and oxygen atoms in total. The minimum absolute atomic E-state index is 0.0944. The minimum Gasteiger partial charge on any atom is -0.480 e. The van der Waals surface area contributed by atoms with E-state index < -0.39 is 19.0 Å². The molecule has 0 saturated carbocycles. The molecule has 1 aromatic carbocycles. The molecule has 2 atom stereocenters. The fourth-order valence-corrected chi connectivity index (χ4v) is 6.47. The number of allylic oxidation sites excluding steroid dienone is 2. The number of carboxylic acid groups (broad SMARTS) is 1. The largest absolute Gasteiger partial charge is 0.480 e. The van der Waals surface area contributed by atoms with Gasteiger partial charge in [0.25, 0.3) is 8.32 Å². The van der Waals surface area contributed by atoms with Crippen molar-refractivity contribution in [3.8, 4) is 0 Å².